The van der Waals surface area contributed by atoms with Gasteiger partial charge in [0.25, 0.3) is 5.91 Å². The molecular formula is C20H14Cl2N4O. The maximum absolute atomic E-state index is 12.7. The van der Waals surface area contributed by atoms with Crippen molar-refractivity contribution in [1.29, 1.82) is 0 Å². The second kappa shape index (κ2) is 7.02. The Hall–Kier alpha value is -2.89. The van der Waals surface area contributed by atoms with Gasteiger partial charge in [0.1, 0.15) is 0 Å². The summed E-state index contributed by atoms with van der Waals surface area (Å²) in [5.41, 5.74) is 2.42. The first-order valence-corrected chi connectivity index (χ1v) is 8.96. The Morgan fingerprint density at radius 1 is 1.07 bits per heavy atom. The van der Waals surface area contributed by atoms with E-state index in [1.54, 1.807) is 22.9 Å². The SMILES string of the molecule is Cc1c(C(=O)Nc2cc(Cl)ccc2Cl)cnn1-c1ccc2ccccc2n1. The molecule has 7 heteroatoms. The highest BCUT2D eigenvalue weighted by molar-refractivity contribution is 6.35. The van der Waals surface area contributed by atoms with Gasteiger partial charge in [-0.15, -0.1) is 0 Å². The zero-order valence-corrected chi connectivity index (χ0v) is 15.8. The predicted molar refractivity (Wildman–Crippen MR) is 108 cm³/mol. The van der Waals surface area contributed by atoms with Gasteiger partial charge in [-0.1, -0.05) is 41.4 Å². The molecule has 27 heavy (non-hydrogen) atoms. The van der Waals surface area contributed by atoms with Gasteiger partial charge in [-0.3, -0.25) is 4.79 Å². The Bertz CT molecular complexity index is 1170. The molecule has 0 atom stereocenters. The van der Waals surface area contributed by atoms with E-state index in [9.17, 15) is 4.79 Å². The summed E-state index contributed by atoms with van der Waals surface area (Å²) in [4.78, 5) is 17.3. The van der Waals surface area contributed by atoms with Crippen molar-refractivity contribution in [2.75, 3.05) is 5.32 Å². The van der Waals surface area contributed by atoms with Gasteiger partial charge in [0.05, 0.1) is 33.7 Å². The molecule has 0 aliphatic carbocycles. The van der Waals surface area contributed by atoms with E-state index in [4.69, 9.17) is 23.2 Å². The van der Waals surface area contributed by atoms with Crippen LogP contribution in [0.2, 0.25) is 10.0 Å². The van der Waals surface area contributed by atoms with Gasteiger partial charge in [-0.2, -0.15) is 5.10 Å². The number of fused-ring (bicyclic) bond motifs is 1. The standard InChI is InChI=1S/C20H14Cl2N4O/c1-12-15(20(27)25-18-10-14(21)7-8-16(18)22)11-23-26(12)19-9-6-13-4-2-3-5-17(13)24-19/h2-11H,1H3,(H,25,27). The fraction of sp³-hybridized carbons (Fsp3) is 0.0500. The van der Waals surface area contributed by atoms with Crippen molar-refractivity contribution in [2.24, 2.45) is 0 Å². The van der Waals surface area contributed by atoms with Crippen LogP contribution in [0.25, 0.3) is 16.7 Å². The maximum Gasteiger partial charge on any atom is 0.259 e. The topological polar surface area (TPSA) is 59.8 Å². The van der Waals surface area contributed by atoms with Crippen LogP contribution >= 0.6 is 23.2 Å². The van der Waals surface area contributed by atoms with Crippen molar-refractivity contribution in [3.63, 3.8) is 0 Å². The summed E-state index contributed by atoms with van der Waals surface area (Å²) in [6, 6.07) is 16.6. The number of carbonyl (C=O) groups excluding carboxylic acids is 1. The molecule has 4 rings (SSSR count). The maximum atomic E-state index is 12.7. The highest BCUT2D eigenvalue weighted by Crippen LogP contribution is 2.26. The Morgan fingerprint density at radius 3 is 2.74 bits per heavy atom. The molecule has 0 fully saturated rings. The molecule has 2 heterocycles. The smallest absolute Gasteiger partial charge is 0.259 e. The molecule has 2 aromatic heterocycles. The minimum Gasteiger partial charge on any atom is -0.320 e. The van der Waals surface area contributed by atoms with Crippen molar-refractivity contribution in [2.45, 2.75) is 6.92 Å². The van der Waals surface area contributed by atoms with Gasteiger partial charge in [0, 0.05) is 10.4 Å². The van der Waals surface area contributed by atoms with Crippen LogP contribution in [-0.2, 0) is 0 Å². The first-order chi connectivity index (χ1) is 13.0. The van der Waals surface area contributed by atoms with E-state index in [1.807, 2.05) is 43.3 Å². The van der Waals surface area contributed by atoms with Gasteiger partial charge in [0.2, 0.25) is 0 Å². The summed E-state index contributed by atoms with van der Waals surface area (Å²) < 4.78 is 1.64. The average Bonchev–Trinajstić information content (AvgIpc) is 3.06. The molecule has 1 N–H and O–H groups in total. The number of nitrogens with zero attached hydrogens (tertiary/aromatic N) is 3. The van der Waals surface area contributed by atoms with Crippen LogP contribution in [0.4, 0.5) is 5.69 Å². The average molecular weight is 397 g/mol. The van der Waals surface area contributed by atoms with E-state index < -0.39 is 0 Å². The fourth-order valence-corrected chi connectivity index (χ4v) is 3.16. The molecule has 134 valence electrons. The third-order valence-electron chi connectivity index (χ3n) is 4.23. The Balaban J connectivity index is 1.66. The third-order valence-corrected chi connectivity index (χ3v) is 4.80. The number of hydrogen-bond acceptors (Lipinski definition) is 3. The van der Waals surface area contributed by atoms with E-state index >= 15 is 0 Å². The summed E-state index contributed by atoms with van der Waals surface area (Å²) in [5, 5.41) is 9.04. The minimum absolute atomic E-state index is 0.316. The summed E-state index contributed by atoms with van der Waals surface area (Å²) in [6.07, 6.45) is 1.51. The zero-order chi connectivity index (χ0) is 19.0. The second-order valence-corrected chi connectivity index (χ2v) is 6.84. The minimum atomic E-state index is -0.316. The number of hydrogen-bond donors (Lipinski definition) is 1. The van der Waals surface area contributed by atoms with E-state index in [0.717, 1.165) is 10.9 Å². The van der Waals surface area contributed by atoms with Crippen molar-refractivity contribution in [3.05, 3.63) is 82.1 Å². The quantitative estimate of drug-likeness (QED) is 0.511. The predicted octanol–water partition coefficient (Wildman–Crippen LogP) is 5.29. The van der Waals surface area contributed by atoms with Gasteiger partial charge >= 0.3 is 0 Å². The van der Waals surface area contributed by atoms with Crippen LogP contribution in [0.3, 0.4) is 0 Å². The van der Waals surface area contributed by atoms with Crippen molar-refractivity contribution >= 4 is 45.7 Å². The van der Waals surface area contributed by atoms with Crippen molar-refractivity contribution in [1.82, 2.24) is 14.8 Å². The lowest BCUT2D eigenvalue weighted by atomic mass is 10.2. The second-order valence-electron chi connectivity index (χ2n) is 6.00. The van der Waals surface area contributed by atoms with Gasteiger partial charge in [-0.05, 0) is 43.3 Å². The number of anilines is 1. The molecule has 0 aliphatic heterocycles. The molecule has 0 aliphatic rings. The Kier molecular flexibility index (Phi) is 4.56. The van der Waals surface area contributed by atoms with Gasteiger partial charge < -0.3 is 5.32 Å². The van der Waals surface area contributed by atoms with E-state index in [2.05, 4.69) is 15.4 Å². The first-order valence-electron chi connectivity index (χ1n) is 8.20. The molecule has 4 aromatic rings. The summed E-state index contributed by atoms with van der Waals surface area (Å²) in [7, 11) is 0. The van der Waals surface area contributed by atoms with Crippen LogP contribution < -0.4 is 5.32 Å². The number of amides is 1. The largest absolute Gasteiger partial charge is 0.320 e. The fourth-order valence-electron chi connectivity index (χ4n) is 2.82. The molecule has 0 saturated heterocycles. The van der Waals surface area contributed by atoms with E-state index in [1.165, 1.54) is 6.20 Å². The lowest BCUT2D eigenvalue weighted by Gasteiger charge is -2.08. The number of pyridine rings is 1. The molecular weight excluding hydrogens is 383 g/mol. The summed E-state index contributed by atoms with van der Waals surface area (Å²) in [6.45, 7) is 1.82. The molecule has 5 nitrogen and oxygen atoms in total. The molecule has 0 radical (unpaired) electrons. The number of rotatable bonds is 3. The van der Waals surface area contributed by atoms with E-state index in [-0.39, 0.29) is 5.91 Å². The summed E-state index contributed by atoms with van der Waals surface area (Å²) in [5.74, 6) is 0.328. The van der Waals surface area contributed by atoms with Crippen molar-refractivity contribution in [3.8, 4) is 5.82 Å². The Labute approximate surface area is 165 Å². The van der Waals surface area contributed by atoms with Gasteiger partial charge in [0.15, 0.2) is 5.82 Å². The molecule has 0 saturated carbocycles. The van der Waals surface area contributed by atoms with E-state index in [0.29, 0.717) is 32.8 Å². The Morgan fingerprint density at radius 2 is 1.89 bits per heavy atom. The third kappa shape index (κ3) is 3.39. The summed E-state index contributed by atoms with van der Waals surface area (Å²) >= 11 is 12.1. The molecule has 2 aromatic carbocycles. The zero-order valence-electron chi connectivity index (χ0n) is 14.3. The molecule has 0 unspecified atom stereocenters. The number of aromatic nitrogens is 3. The molecule has 1 amide bonds. The number of benzene rings is 2. The first kappa shape index (κ1) is 17.5. The highest BCUT2D eigenvalue weighted by atomic mass is 35.5. The monoisotopic (exact) mass is 396 g/mol. The van der Waals surface area contributed by atoms with Crippen LogP contribution in [0, 0.1) is 6.92 Å². The van der Waals surface area contributed by atoms with Crippen LogP contribution in [-0.4, -0.2) is 20.7 Å². The normalized spacial score (nSPS) is 10.9. The van der Waals surface area contributed by atoms with Crippen LogP contribution in [0.1, 0.15) is 16.1 Å². The number of para-hydroxylation sites is 1. The number of halogens is 2. The molecule has 0 bridgehead atoms. The van der Waals surface area contributed by atoms with Crippen molar-refractivity contribution < 1.29 is 4.79 Å². The lowest BCUT2D eigenvalue weighted by Crippen LogP contribution is -2.13. The van der Waals surface area contributed by atoms with Gasteiger partial charge in [-0.25, -0.2) is 9.67 Å². The van der Waals surface area contributed by atoms with Crippen LogP contribution in [0.15, 0.2) is 60.8 Å². The highest BCUT2D eigenvalue weighted by Gasteiger charge is 2.17. The molecule has 0 spiro atoms. The number of carbonyl (C=O) groups is 1. The lowest BCUT2D eigenvalue weighted by molar-refractivity contribution is 0.102. The van der Waals surface area contributed by atoms with Crippen LogP contribution in [0.5, 0.6) is 0 Å². The number of nitrogens with one attached hydrogen (secondary N) is 1.